The first-order valence-corrected chi connectivity index (χ1v) is 6.10. The van der Waals surface area contributed by atoms with E-state index >= 15 is 0 Å². The topological polar surface area (TPSA) is 26.9 Å². The highest BCUT2D eigenvalue weighted by molar-refractivity contribution is 9.10. The molecule has 0 aliphatic heterocycles. The van der Waals surface area contributed by atoms with E-state index in [4.69, 9.17) is 0 Å². The van der Waals surface area contributed by atoms with Crippen molar-refractivity contribution in [1.29, 1.82) is 0 Å². The molecule has 2 rings (SSSR count). The third-order valence-corrected chi connectivity index (χ3v) is 3.35. The lowest BCUT2D eigenvalue weighted by molar-refractivity contribution is 0.623. The maximum atomic E-state index is 12.9. The summed E-state index contributed by atoms with van der Waals surface area (Å²) in [5.74, 6) is -0.292. The van der Waals surface area contributed by atoms with Gasteiger partial charge in [0.25, 0.3) is 0 Å². The number of hydrogen-bond donors (Lipinski definition) is 0. The average Bonchev–Trinajstić information content (AvgIpc) is 2.64. The van der Waals surface area contributed by atoms with E-state index in [2.05, 4.69) is 15.9 Å². The molecule has 2 aromatic rings. The van der Waals surface area contributed by atoms with Gasteiger partial charge in [-0.2, -0.15) is 0 Å². The molecule has 0 saturated carbocycles. The van der Waals surface area contributed by atoms with Crippen LogP contribution < -0.4 is 5.69 Å². The Kier molecular flexibility index (Phi) is 3.47. The maximum absolute atomic E-state index is 12.9. The Balaban J connectivity index is 2.31. The van der Waals surface area contributed by atoms with Crippen LogP contribution >= 0.6 is 15.9 Å². The van der Waals surface area contributed by atoms with Gasteiger partial charge in [0.05, 0.1) is 6.54 Å². The van der Waals surface area contributed by atoms with E-state index in [-0.39, 0.29) is 11.5 Å². The van der Waals surface area contributed by atoms with Gasteiger partial charge in [-0.15, -0.1) is 0 Å². The minimum Gasteiger partial charge on any atom is -0.300 e. The van der Waals surface area contributed by atoms with E-state index in [1.54, 1.807) is 27.6 Å². The van der Waals surface area contributed by atoms with Crippen molar-refractivity contribution < 1.29 is 4.39 Å². The van der Waals surface area contributed by atoms with Crippen LogP contribution in [0.4, 0.5) is 4.39 Å². The second-order valence-electron chi connectivity index (χ2n) is 3.73. The van der Waals surface area contributed by atoms with Crippen molar-refractivity contribution in [2.24, 2.45) is 0 Å². The van der Waals surface area contributed by atoms with Crippen molar-refractivity contribution in [3.63, 3.8) is 0 Å². The van der Waals surface area contributed by atoms with Crippen LogP contribution in [0.15, 0.2) is 39.9 Å². The largest absolute Gasteiger partial charge is 0.328 e. The lowest BCUT2D eigenvalue weighted by Gasteiger charge is -2.05. The van der Waals surface area contributed by atoms with Gasteiger partial charge in [-0.1, -0.05) is 22.0 Å². The predicted molar refractivity (Wildman–Crippen MR) is 67.6 cm³/mol. The molecule has 1 heterocycles. The van der Waals surface area contributed by atoms with Gasteiger partial charge in [0.15, 0.2) is 0 Å². The Morgan fingerprint density at radius 1 is 1.29 bits per heavy atom. The number of aryl methyl sites for hydroxylation is 1. The zero-order chi connectivity index (χ0) is 12.4. The van der Waals surface area contributed by atoms with Gasteiger partial charge < -0.3 is 0 Å². The predicted octanol–water partition coefficient (Wildman–Crippen LogP) is 2.62. The lowest BCUT2D eigenvalue weighted by Crippen LogP contribution is -2.23. The van der Waals surface area contributed by atoms with Crippen molar-refractivity contribution >= 4 is 15.9 Å². The smallest absolute Gasteiger partial charge is 0.300 e. The molecule has 0 fully saturated rings. The minimum absolute atomic E-state index is 0.0521. The summed E-state index contributed by atoms with van der Waals surface area (Å²) in [6.45, 7) is 3.00. The molecule has 0 unspecified atom stereocenters. The number of nitrogens with zero attached hydrogens (tertiary/aromatic N) is 2. The first kappa shape index (κ1) is 12.1. The summed E-state index contributed by atoms with van der Waals surface area (Å²) < 4.78 is 16.8. The second-order valence-corrected chi connectivity index (χ2v) is 4.58. The van der Waals surface area contributed by atoms with Crippen LogP contribution in [-0.4, -0.2) is 9.13 Å². The monoisotopic (exact) mass is 298 g/mol. The highest BCUT2D eigenvalue weighted by atomic mass is 79.9. The molecule has 0 atom stereocenters. The molecule has 1 aromatic carbocycles. The molecule has 0 radical (unpaired) electrons. The molecule has 0 aliphatic rings. The maximum Gasteiger partial charge on any atom is 0.328 e. The molecule has 0 bridgehead atoms. The third kappa shape index (κ3) is 2.49. The summed E-state index contributed by atoms with van der Waals surface area (Å²) in [4.78, 5) is 11.8. The first-order valence-electron chi connectivity index (χ1n) is 5.31. The van der Waals surface area contributed by atoms with E-state index in [1.165, 1.54) is 12.1 Å². The number of aromatic nitrogens is 2. The number of hydrogen-bond acceptors (Lipinski definition) is 1. The minimum atomic E-state index is -0.292. The van der Waals surface area contributed by atoms with Gasteiger partial charge in [-0.05, 0) is 24.6 Å². The van der Waals surface area contributed by atoms with Crippen LogP contribution in [0.5, 0.6) is 0 Å². The molecular formula is C12H12BrFN2O. The second kappa shape index (κ2) is 4.87. The van der Waals surface area contributed by atoms with Crippen LogP contribution in [0.2, 0.25) is 0 Å². The molecule has 0 aliphatic carbocycles. The van der Waals surface area contributed by atoms with Crippen LogP contribution in [0.1, 0.15) is 12.5 Å². The summed E-state index contributed by atoms with van der Waals surface area (Å²) in [6, 6.07) is 4.47. The summed E-state index contributed by atoms with van der Waals surface area (Å²) >= 11 is 3.29. The Bertz CT molecular complexity index is 588. The van der Waals surface area contributed by atoms with Crippen molar-refractivity contribution in [1.82, 2.24) is 9.13 Å². The number of benzene rings is 1. The molecule has 0 saturated heterocycles. The standard InChI is InChI=1S/C12H12BrFN2O/c1-2-15-5-6-16(12(15)17)8-9-3-4-10(14)7-11(9)13/h3-7H,2,8H2,1H3. The zero-order valence-corrected chi connectivity index (χ0v) is 10.9. The quantitative estimate of drug-likeness (QED) is 0.856. The Labute approximate surface area is 107 Å². The van der Waals surface area contributed by atoms with Gasteiger partial charge in [-0.25, -0.2) is 9.18 Å². The van der Waals surface area contributed by atoms with Gasteiger partial charge in [0.2, 0.25) is 0 Å². The van der Waals surface area contributed by atoms with E-state index in [9.17, 15) is 9.18 Å². The average molecular weight is 299 g/mol. The third-order valence-electron chi connectivity index (χ3n) is 2.61. The molecule has 0 N–H and O–H groups in total. The van der Waals surface area contributed by atoms with Gasteiger partial charge in [0, 0.05) is 23.4 Å². The molecule has 3 nitrogen and oxygen atoms in total. The molecule has 0 amide bonds. The summed E-state index contributed by atoms with van der Waals surface area (Å²) in [6.07, 6.45) is 3.49. The van der Waals surface area contributed by atoms with Crippen LogP contribution in [0, 0.1) is 5.82 Å². The fraction of sp³-hybridized carbons (Fsp3) is 0.250. The van der Waals surface area contributed by atoms with Crippen LogP contribution in [0.25, 0.3) is 0 Å². The zero-order valence-electron chi connectivity index (χ0n) is 9.36. The summed E-state index contributed by atoms with van der Waals surface area (Å²) in [5.41, 5.74) is 0.825. The van der Waals surface area contributed by atoms with Crippen LogP contribution in [-0.2, 0) is 13.1 Å². The van der Waals surface area contributed by atoms with E-state index < -0.39 is 0 Å². The summed E-state index contributed by atoms with van der Waals surface area (Å²) in [5, 5.41) is 0. The fourth-order valence-corrected chi connectivity index (χ4v) is 2.12. The Morgan fingerprint density at radius 2 is 2.00 bits per heavy atom. The summed E-state index contributed by atoms with van der Waals surface area (Å²) in [7, 11) is 0. The normalized spacial score (nSPS) is 10.8. The van der Waals surface area contributed by atoms with Crippen molar-refractivity contribution in [2.75, 3.05) is 0 Å². The van der Waals surface area contributed by atoms with E-state index in [0.29, 0.717) is 17.6 Å². The lowest BCUT2D eigenvalue weighted by atomic mass is 10.2. The highest BCUT2D eigenvalue weighted by Gasteiger charge is 2.06. The SMILES string of the molecule is CCn1ccn(Cc2ccc(F)cc2Br)c1=O. The Hall–Kier alpha value is -1.36. The highest BCUT2D eigenvalue weighted by Crippen LogP contribution is 2.18. The fourth-order valence-electron chi connectivity index (χ4n) is 1.65. The van der Waals surface area contributed by atoms with Gasteiger partial charge in [0.1, 0.15) is 5.82 Å². The van der Waals surface area contributed by atoms with Gasteiger partial charge >= 0.3 is 5.69 Å². The van der Waals surface area contributed by atoms with Crippen molar-refractivity contribution in [3.8, 4) is 0 Å². The van der Waals surface area contributed by atoms with Gasteiger partial charge in [-0.3, -0.25) is 9.13 Å². The molecule has 1 aromatic heterocycles. The van der Waals surface area contributed by atoms with E-state index in [1.807, 2.05) is 6.92 Å². The number of imidazole rings is 1. The molecule has 5 heteroatoms. The Morgan fingerprint density at radius 3 is 2.59 bits per heavy atom. The molecule has 90 valence electrons. The molecular weight excluding hydrogens is 287 g/mol. The molecule has 17 heavy (non-hydrogen) atoms. The van der Waals surface area contributed by atoms with Crippen LogP contribution in [0.3, 0.4) is 0 Å². The van der Waals surface area contributed by atoms with Crippen molar-refractivity contribution in [2.45, 2.75) is 20.0 Å². The number of rotatable bonds is 3. The number of halogens is 2. The van der Waals surface area contributed by atoms with E-state index in [0.717, 1.165) is 5.56 Å². The van der Waals surface area contributed by atoms with Crippen molar-refractivity contribution in [3.05, 3.63) is 56.9 Å². The first-order chi connectivity index (χ1) is 8.11. The molecule has 0 spiro atoms.